The van der Waals surface area contributed by atoms with Gasteiger partial charge in [0.1, 0.15) is 12.0 Å². The van der Waals surface area contributed by atoms with E-state index in [4.69, 9.17) is 4.42 Å². The normalized spacial score (nSPS) is 17.6. The third kappa shape index (κ3) is 1.23. The molecule has 1 heterocycles. The number of nitrogens with zero attached hydrogens (tertiary/aromatic N) is 1. The van der Waals surface area contributed by atoms with E-state index < -0.39 is 0 Å². The maximum Gasteiger partial charge on any atom is 0.180 e. The van der Waals surface area contributed by atoms with Crippen LogP contribution in [-0.2, 0) is 5.41 Å². The average molecular weight is 201 g/mol. The second kappa shape index (κ2) is 2.86. The van der Waals surface area contributed by atoms with Crippen molar-refractivity contribution in [1.82, 2.24) is 4.98 Å². The molecular formula is C12H11NO2. The minimum atomic E-state index is -0.00819. The van der Waals surface area contributed by atoms with Crippen LogP contribution in [-0.4, -0.2) is 10.1 Å². The fourth-order valence-electron chi connectivity index (χ4n) is 2.07. The molecule has 76 valence electrons. The predicted octanol–water partition coefficient (Wildman–Crippen LogP) is 2.46. The summed E-state index contributed by atoms with van der Waals surface area (Å²) in [6.07, 6.45) is 5.29. The van der Waals surface area contributed by atoms with Crippen molar-refractivity contribution in [3.05, 3.63) is 48.2 Å². The Labute approximate surface area is 87.4 Å². The van der Waals surface area contributed by atoms with Gasteiger partial charge in [0, 0.05) is 5.41 Å². The van der Waals surface area contributed by atoms with E-state index in [1.165, 1.54) is 6.39 Å². The number of phenols is 1. The third-order valence-corrected chi connectivity index (χ3v) is 3.07. The zero-order valence-corrected chi connectivity index (χ0v) is 8.18. The molecule has 1 aliphatic carbocycles. The Bertz CT molecular complexity index is 472. The SMILES string of the molecule is Oc1cccc(C2(c3cocn3)CC2)c1. The van der Waals surface area contributed by atoms with Crippen molar-refractivity contribution >= 4 is 0 Å². The van der Waals surface area contributed by atoms with Crippen molar-refractivity contribution in [2.24, 2.45) is 0 Å². The van der Waals surface area contributed by atoms with Crippen molar-refractivity contribution < 1.29 is 9.52 Å². The zero-order valence-electron chi connectivity index (χ0n) is 8.18. The number of aromatic hydroxyl groups is 1. The highest BCUT2D eigenvalue weighted by atomic mass is 16.3. The van der Waals surface area contributed by atoms with E-state index in [2.05, 4.69) is 4.98 Å². The number of hydrogen-bond donors (Lipinski definition) is 1. The summed E-state index contributed by atoms with van der Waals surface area (Å²) in [4.78, 5) is 4.21. The van der Waals surface area contributed by atoms with Gasteiger partial charge in [-0.15, -0.1) is 0 Å². The fourth-order valence-corrected chi connectivity index (χ4v) is 2.07. The number of oxazole rings is 1. The van der Waals surface area contributed by atoms with Crippen LogP contribution in [0, 0.1) is 0 Å². The monoisotopic (exact) mass is 201 g/mol. The summed E-state index contributed by atoms with van der Waals surface area (Å²) < 4.78 is 5.02. The lowest BCUT2D eigenvalue weighted by Crippen LogP contribution is -2.08. The maximum atomic E-state index is 9.46. The largest absolute Gasteiger partial charge is 0.508 e. The first-order valence-corrected chi connectivity index (χ1v) is 4.99. The molecule has 0 unspecified atom stereocenters. The van der Waals surface area contributed by atoms with Gasteiger partial charge in [-0.25, -0.2) is 4.98 Å². The molecule has 0 atom stereocenters. The lowest BCUT2D eigenvalue weighted by molar-refractivity contribution is 0.474. The Balaban J connectivity index is 2.07. The molecule has 0 saturated heterocycles. The van der Waals surface area contributed by atoms with Crippen molar-refractivity contribution in [3.8, 4) is 5.75 Å². The van der Waals surface area contributed by atoms with E-state index >= 15 is 0 Å². The molecule has 1 aromatic carbocycles. The number of rotatable bonds is 2. The van der Waals surface area contributed by atoms with Crippen LogP contribution < -0.4 is 0 Å². The molecule has 3 nitrogen and oxygen atoms in total. The van der Waals surface area contributed by atoms with Gasteiger partial charge in [-0.2, -0.15) is 0 Å². The number of phenolic OH excluding ortho intramolecular Hbond substituents is 1. The second-order valence-electron chi connectivity index (χ2n) is 4.01. The quantitative estimate of drug-likeness (QED) is 0.811. The number of aromatic nitrogens is 1. The van der Waals surface area contributed by atoms with E-state index in [1.54, 1.807) is 12.3 Å². The first kappa shape index (κ1) is 8.53. The molecule has 1 aromatic heterocycles. The van der Waals surface area contributed by atoms with Gasteiger partial charge in [-0.05, 0) is 30.5 Å². The standard InChI is InChI=1S/C12H11NO2/c14-10-3-1-2-9(6-10)12(4-5-12)11-7-15-8-13-11/h1-3,6-8,14H,4-5H2. The van der Waals surface area contributed by atoms with Crippen LogP contribution in [0.5, 0.6) is 5.75 Å². The highest BCUT2D eigenvalue weighted by Crippen LogP contribution is 2.53. The summed E-state index contributed by atoms with van der Waals surface area (Å²) in [6, 6.07) is 7.39. The first-order chi connectivity index (χ1) is 7.31. The van der Waals surface area contributed by atoms with Crippen LogP contribution in [0.2, 0.25) is 0 Å². The Morgan fingerprint density at radius 2 is 2.20 bits per heavy atom. The van der Waals surface area contributed by atoms with Crippen molar-refractivity contribution in [2.45, 2.75) is 18.3 Å². The Kier molecular flexibility index (Phi) is 1.63. The van der Waals surface area contributed by atoms with Gasteiger partial charge < -0.3 is 9.52 Å². The lowest BCUT2D eigenvalue weighted by Gasteiger charge is -2.12. The van der Waals surface area contributed by atoms with Gasteiger partial charge in [0.15, 0.2) is 6.39 Å². The Hall–Kier alpha value is -1.77. The second-order valence-corrected chi connectivity index (χ2v) is 4.01. The van der Waals surface area contributed by atoms with Crippen LogP contribution in [0.1, 0.15) is 24.1 Å². The molecule has 1 saturated carbocycles. The summed E-state index contributed by atoms with van der Waals surface area (Å²) in [7, 11) is 0. The average Bonchev–Trinajstić information content (AvgIpc) is 2.87. The molecule has 1 fully saturated rings. The highest BCUT2D eigenvalue weighted by Gasteiger charge is 2.48. The fraction of sp³-hybridized carbons (Fsp3) is 0.250. The molecule has 0 aliphatic heterocycles. The van der Waals surface area contributed by atoms with Crippen LogP contribution in [0.3, 0.4) is 0 Å². The van der Waals surface area contributed by atoms with Gasteiger partial charge >= 0.3 is 0 Å². The number of hydrogen-bond acceptors (Lipinski definition) is 3. The van der Waals surface area contributed by atoms with Gasteiger partial charge in [0.2, 0.25) is 0 Å². The van der Waals surface area contributed by atoms with Crippen LogP contribution >= 0.6 is 0 Å². The summed E-state index contributed by atoms with van der Waals surface area (Å²) in [5.41, 5.74) is 2.08. The molecule has 0 bridgehead atoms. The highest BCUT2D eigenvalue weighted by molar-refractivity contribution is 5.43. The van der Waals surface area contributed by atoms with Gasteiger partial charge in [0.25, 0.3) is 0 Å². The van der Waals surface area contributed by atoms with Crippen molar-refractivity contribution in [2.75, 3.05) is 0 Å². The molecule has 0 spiro atoms. The molecule has 3 heteroatoms. The van der Waals surface area contributed by atoms with E-state index in [0.717, 1.165) is 24.1 Å². The van der Waals surface area contributed by atoms with Gasteiger partial charge in [-0.1, -0.05) is 12.1 Å². The molecule has 1 aliphatic rings. The molecule has 1 N–H and O–H groups in total. The topological polar surface area (TPSA) is 46.3 Å². The number of benzene rings is 1. The minimum absolute atomic E-state index is 0.00819. The summed E-state index contributed by atoms with van der Waals surface area (Å²) in [5, 5.41) is 9.46. The molecule has 2 aromatic rings. The minimum Gasteiger partial charge on any atom is -0.508 e. The summed E-state index contributed by atoms with van der Waals surface area (Å²) in [6.45, 7) is 0. The summed E-state index contributed by atoms with van der Waals surface area (Å²) >= 11 is 0. The van der Waals surface area contributed by atoms with Crippen molar-refractivity contribution in [3.63, 3.8) is 0 Å². The summed E-state index contributed by atoms with van der Waals surface area (Å²) in [5.74, 6) is 0.308. The van der Waals surface area contributed by atoms with Crippen LogP contribution in [0.25, 0.3) is 0 Å². The zero-order chi connectivity index (χ0) is 10.3. The smallest absolute Gasteiger partial charge is 0.180 e. The van der Waals surface area contributed by atoms with E-state index in [-0.39, 0.29) is 5.41 Å². The first-order valence-electron chi connectivity index (χ1n) is 4.99. The molecule has 0 amide bonds. The van der Waals surface area contributed by atoms with Crippen LogP contribution in [0.15, 0.2) is 41.3 Å². The van der Waals surface area contributed by atoms with E-state index in [0.29, 0.717) is 5.75 Å². The molecule has 15 heavy (non-hydrogen) atoms. The van der Waals surface area contributed by atoms with Crippen molar-refractivity contribution in [1.29, 1.82) is 0 Å². The van der Waals surface area contributed by atoms with Gasteiger partial charge in [0.05, 0.1) is 5.69 Å². The lowest BCUT2D eigenvalue weighted by atomic mass is 9.93. The maximum absolute atomic E-state index is 9.46. The molecular weight excluding hydrogens is 190 g/mol. The van der Waals surface area contributed by atoms with E-state index in [1.807, 2.05) is 18.2 Å². The predicted molar refractivity (Wildman–Crippen MR) is 54.6 cm³/mol. The third-order valence-electron chi connectivity index (χ3n) is 3.07. The van der Waals surface area contributed by atoms with Gasteiger partial charge in [-0.3, -0.25) is 0 Å². The molecule has 0 radical (unpaired) electrons. The Morgan fingerprint density at radius 3 is 2.80 bits per heavy atom. The van der Waals surface area contributed by atoms with E-state index in [9.17, 15) is 5.11 Å². The molecule has 3 rings (SSSR count). The van der Waals surface area contributed by atoms with Crippen LogP contribution in [0.4, 0.5) is 0 Å². The Morgan fingerprint density at radius 1 is 1.33 bits per heavy atom.